The van der Waals surface area contributed by atoms with Gasteiger partial charge in [0, 0.05) is 12.5 Å². The van der Waals surface area contributed by atoms with Crippen molar-refractivity contribution in [3.05, 3.63) is 5.53 Å². The number of carboxylic acid groups (broad SMARTS) is 1. The molecular formula is C9H15N3O3. The average molecular weight is 213 g/mol. The highest BCUT2D eigenvalue weighted by molar-refractivity contribution is 6.25. The fraction of sp³-hybridized carbons (Fsp3) is 0.667. The summed E-state index contributed by atoms with van der Waals surface area (Å²) >= 11 is 0. The van der Waals surface area contributed by atoms with Gasteiger partial charge < -0.3 is 16.0 Å². The molecule has 2 N–H and O–H groups in total. The summed E-state index contributed by atoms with van der Waals surface area (Å²) in [6.45, 7) is 3.65. The minimum absolute atomic E-state index is 0.0349. The number of nitrogens with zero attached hydrogens (tertiary/aromatic N) is 2. The smallest absolute Gasteiger partial charge is 0.323 e. The van der Waals surface area contributed by atoms with Crippen LogP contribution in [-0.2, 0) is 9.59 Å². The highest BCUT2D eigenvalue weighted by atomic mass is 16.4. The number of hydrogen-bond acceptors (Lipinski definition) is 3. The number of carbonyl (C=O) groups excluding carboxylic acids is 1. The summed E-state index contributed by atoms with van der Waals surface area (Å²) < 4.78 is 0. The summed E-state index contributed by atoms with van der Waals surface area (Å²) in [5, 5.41) is 11.6. The Labute approximate surface area is 87.9 Å². The quantitative estimate of drug-likeness (QED) is 0.355. The van der Waals surface area contributed by atoms with Gasteiger partial charge in [-0.05, 0) is 6.42 Å². The van der Waals surface area contributed by atoms with Gasteiger partial charge in [0.25, 0.3) is 0 Å². The van der Waals surface area contributed by atoms with Crippen LogP contribution in [0.5, 0.6) is 0 Å². The molecular weight excluding hydrogens is 198 g/mol. The summed E-state index contributed by atoms with van der Waals surface area (Å²) in [7, 11) is 0. The van der Waals surface area contributed by atoms with E-state index in [4.69, 9.17) is 10.6 Å². The molecule has 0 aromatic rings. The van der Waals surface area contributed by atoms with Crippen molar-refractivity contribution < 1.29 is 19.5 Å². The number of carboxylic acids is 1. The van der Waals surface area contributed by atoms with Crippen LogP contribution in [0.4, 0.5) is 0 Å². The standard InChI is InChI=1S/C9H15N3O3/c1-6(2)12-8(9(14)15)4-3-7(13)5-11-10/h5-6,8,12H,3-4H2,1-2H3,(H,14,15)/t8-/m0/s1. The second-order valence-electron chi connectivity index (χ2n) is 3.46. The average Bonchev–Trinajstić information content (AvgIpc) is 2.11. The van der Waals surface area contributed by atoms with Crippen molar-refractivity contribution >= 4 is 18.0 Å². The highest BCUT2D eigenvalue weighted by Crippen LogP contribution is 1.99. The van der Waals surface area contributed by atoms with E-state index in [-0.39, 0.29) is 18.9 Å². The zero-order chi connectivity index (χ0) is 11.8. The fourth-order valence-electron chi connectivity index (χ4n) is 1.10. The van der Waals surface area contributed by atoms with E-state index in [0.717, 1.165) is 6.21 Å². The van der Waals surface area contributed by atoms with E-state index in [0.29, 0.717) is 0 Å². The maximum atomic E-state index is 10.9. The molecule has 0 aliphatic carbocycles. The van der Waals surface area contributed by atoms with Crippen LogP contribution in [0.1, 0.15) is 26.7 Å². The molecule has 0 spiro atoms. The van der Waals surface area contributed by atoms with Crippen LogP contribution >= 0.6 is 0 Å². The monoisotopic (exact) mass is 213 g/mol. The van der Waals surface area contributed by atoms with Gasteiger partial charge in [-0.15, -0.1) is 0 Å². The summed E-state index contributed by atoms with van der Waals surface area (Å²) in [5.74, 6) is -1.38. The van der Waals surface area contributed by atoms with Crippen LogP contribution in [0.25, 0.3) is 5.53 Å². The molecule has 6 nitrogen and oxygen atoms in total. The molecule has 6 heteroatoms. The number of aliphatic carboxylic acids is 1. The number of carbonyl (C=O) groups is 2. The predicted octanol–water partition coefficient (Wildman–Crippen LogP) is 0.0875. The Morgan fingerprint density at radius 2 is 2.13 bits per heavy atom. The third kappa shape index (κ3) is 6.54. The number of Topliss-reactive ketones (excluding diaryl/α,β-unsaturated/α-hetero) is 1. The second-order valence-corrected chi connectivity index (χ2v) is 3.46. The van der Waals surface area contributed by atoms with Crippen LogP contribution in [0.2, 0.25) is 0 Å². The Bertz CT molecular complexity index is 282. The zero-order valence-corrected chi connectivity index (χ0v) is 8.80. The molecule has 0 saturated carbocycles. The van der Waals surface area contributed by atoms with Gasteiger partial charge in [0.1, 0.15) is 6.04 Å². The molecule has 0 bridgehead atoms. The molecule has 0 amide bonds. The Morgan fingerprint density at radius 3 is 2.53 bits per heavy atom. The molecule has 0 fully saturated rings. The summed E-state index contributed by atoms with van der Waals surface area (Å²) in [4.78, 5) is 24.3. The molecule has 0 aliphatic heterocycles. The van der Waals surface area contributed by atoms with Gasteiger partial charge in [0.05, 0.1) is 0 Å². The van der Waals surface area contributed by atoms with Crippen LogP contribution < -0.4 is 5.32 Å². The van der Waals surface area contributed by atoms with Crippen LogP contribution in [0.3, 0.4) is 0 Å². The lowest BCUT2D eigenvalue weighted by molar-refractivity contribution is -0.139. The molecule has 0 aromatic heterocycles. The minimum atomic E-state index is -0.988. The van der Waals surface area contributed by atoms with Crippen LogP contribution in [0.15, 0.2) is 0 Å². The minimum Gasteiger partial charge on any atom is -0.480 e. The highest BCUT2D eigenvalue weighted by Gasteiger charge is 2.19. The van der Waals surface area contributed by atoms with Crippen molar-refractivity contribution in [2.45, 2.75) is 38.8 Å². The van der Waals surface area contributed by atoms with Crippen molar-refractivity contribution in [1.29, 1.82) is 0 Å². The number of rotatable bonds is 7. The normalized spacial score (nSPS) is 11.9. The van der Waals surface area contributed by atoms with Crippen molar-refractivity contribution in [2.24, 2.45) is 0 Å². The molecule has 0 saturated heterocycles. The van der Waals surface area contributed by atoms with Gasteiger partial charge in [0.2, 0.25) is 5.78 Å². The van der Waals surface area contributed by atoms with E-state index in [9.17, 15) is 9.59 Å². The van der Waals surface area contributed by atoms with E-state index >= 15 is 0 Å². The van der Waals surface area contributed by atoms with Gasteiger partial charge in [-0.3, -0.25) is 9.59 Å². The summed E-state index contributed by atoms with van der Waals surface area (Å²) in [5.41, 5.74) is 8.07. The van der Waals surface area contributed by atoms with Gasteiger partial charge in [-0.1, -0.05) is 13.8 Å². The molecule has 0 rings (SSSR count). The van der Waals surface area contributed by atoms with E-state index in [1.807, 2.05) is 13.8 Å². The first kappa shape index (κ1) is 13.5. The maximum absolute atomic E-state index is 10.9. The third-order valence-electron chi connectivity index (χ3n) is 1.71. The second kappa shape index (κ2) is 6.86. The van der Waals surface area contributed by atoms with Crippen molar-refractivity contribution in [3.8, 4) is 0 Å². The number of hydrogen-bond donors (Lipinski definition) is 2. The Kier molecular flexibility index (Phi) is 6.17. The Hall–Kier alpha value is -1.52. The van der Waals surface area contributed by atoms with Crippen molar-refractivity contribution in [1.82, 2.24) is 5.32 Å². The van der Waals surface area contributed by atoms with Crippen LogP contribution in [0, 0.1) is 0 Å². The SMILES string of the molecule is CC(C)N[C@@H](CCC(=O)C=[N+]=[N-])C(=O)O. The van der Waals surface area contributed by atoms with E-state index in [1.54, 1.807) is 0 Å². The first-order chi connectivity index (χ1) is 6.97. The summed E-state index contributed by atoms with van der Waals surface area (Å²) in [6, 6.07) is -0.714. The van der Waals surface area contributed by atoms with Gasteiger partial charge in [0.15, 0.2) is 0 Å². The fourth-order valence-corrected chi connectivity index (χ4v) is 1.10. The van der Waals surface area contributed by atoms with E-state index in [1.165, 1.54) is 0 Å². The zero-order valence-electron chi connectivity index (χ0n) is 8.80. The number of nitrogens with one attached hydrogen (secondary N) is 1. The van der Waals surface area contributed by atoms with Gasteiger partial charge in [-0.2, -0.15) is 4.79 Å². The largest absolute Gasteiger partial charge is 0.480 e. The number of ketones is 1. The molecule has 0 aliphatic rings. The first-order valence-electron chi connectivity index (χ1n) is 4.66. The maximum Gasteiger partial charge on any atom is 0.323 e. The Morgan fingerprint density at radius 1 is 1.53 bits per heavy atom. The van der Waals surface area contributed by atoms with Crippen molar-refractivity contribution in [3.63, 3.8) is 0 Å². The molecule has 1 atom stereocenters. The van der Waals surface area contributed by atoms with Crippen LogP contribution in [-0.4, -0.2) is 39.9 Å². The van der Waals surface area contributed by atoms with E-state index < -0.39 is 17.8 Å². The molecule has 0 unspecified atom stereocenters. The Balaban J connectivity index is 4.12. The predicted molar refractivity (Wildman–Crippen MR) is 53.6 cm³/mol. The molecule has 0 heterocycles. The third-order valence-corrected chi connectivity index (χ3v) is 1.71. The van der Waals surface area contributed by atoms with E-state index in [2.05, 4.69) is 10.1 Å². The van der Waals surface area contributed by atoms with Gasteiger partial charge in [-0.25, -0.2) is 0 Å². The summed E-state index contributed by atoms with van der Waals surface area (Å²) in [6.07, 6.45) is 0.993. The van der Waals surface area contributed by atoms with Crippen molar-refractivity contribution in [2.75, 3.05) is 0 Å². The lowest BCUT2D eigenvalue weighted by Gasteiger charge is -2.15. The molecule has 0 radical (unpaired) electrons. The van der Waals surface area contributed by atoms with Gasteiger partial charge >= 0.3 is 12.2 Å². The lowest BCUT2D eigenvalue weighted by Crippen LogP contribution is -2.41. The molecule has 84 valence electrons. The molecule has 0 aromatic carbocycles. The lowest BCUT2D eigenvalue weighted by atomic mass is 10.1. The topological polar surface area (TPSA) is 103 Å². The molecule has 15 heavy (non-hydrogen) atoms. The first-order valence-corrected chi connectivity index (χ1v) is 4.66.